The average molecular weight is 601 g/mol. The molecule has 0 saturated carbocycles. The van der Waals surface area contributed by atoms with Crippen LogP contribution in [-0.4, -0.2) is 56.2 Å². The number of fused-ring (bicyclic) bond motifs is 3. The highest BCUT2D eigenvalue weighted by Crippen LogP contribution is 2.34. The lowest BCUT2D eigenvalue weighted by molar-refractivity contribution is -0.192. The van der Waals surface area contributed by atoms with Gasteiger partial charge < -0.3 is 15.5 Å². The van der Waals surface area contributed by atoms with Crippen LogP contribution in [0.25, 0.3) is 22.4 Å². The number of aliphatic carboxylic acids is 1. The Morgan fingerprint density at radius 2 is 1.74 bits per heavy atom. The lowest BCUT2D eigenvalue weighted by Gasteiger charge is -2.14. The summed E-state index contributed by atoms with van der Waals surface area (Å²) in [7, 11) is 0. The van der Waals surface area contributed by atoms with Crippen molar-refractivity contribution in [2.24, 2.45) is 0 Å². The van der Waals surface area contributed by atoms with Crippen molar-refractivity contribution in [1.29, 1.82) is 0 Å². The number of carbonyl (C=O) groups is 2. The summed E-state index contributed by atoms with van der Waals surface area (Å²) < 4.78 is 33.4. The number of aryl methyl sites for hydroxylation is 2. The first-order chi connectivity index (χ1) is 20.0. The van der Waals surface area contributed by atoms with Crippen molar-refractivity contribution in [3.8, 4) is 22.4 Å². The number of alkyl halides is 3. The second kappa shape index (κ2) is 13.6. The summed E-state index contributed by atoms with van der Waals surface area (Å²) in [5.41, 5.74) is 7.62. The van der Waals surface area contributed by atoms with Crippen LogP contribution < -0.4 is 5.32 Å². The first-order valence-corrected chi connectivity index (χ1v) is 13.5. The summed E-state index contributed by atoms with van der Waals surface area (Å²) in [4.78, 5) is 25.1. The van der Waals surface area contributed by atoms with Crippen LogP contribution in [0.5, 0.6) is 0 Å². The monoisotopic (exact) mass is 600 g/mol. The van der Waals surface area contributed by atoms with Gasteiger partial charge in [-0.15, -0.1) is 0 Å². The standard InChI is InChI=1S/C28H27ClN4O2.C2HF3O2/c29-23-4-1-3-21(17-23)20-7-5-19(6-8-20)11-14-30-13-2-16-33-27(28(34)35)25-10-9-22-18-31-15-12-24(22)26(25)32-33;3-2(4,5)1(6)7/h1,3-8,12,15,17-18,30H,2,9-11,13-14,16H2,(H,34,35);(H,6,7). The number of halogens is 4. The number of hydrogen-bond donors (Lipinski definition) is 3. The number of aromatic carboxylic acids is 1. The molecule has 2 heterocycles. The van der Waals surface area contributed by atoms with E-state index in [-0.39, 0.29) is 0 Å². The maximum atomic E-state index is 12.0. The zero-order valence-corrected chi connectivity index (χ0v) is 23.1. The fourth-order valence-corrected chi connectivity index (χ4v) is 4.90. The Bertz CT molecular complexity index is 1560. The minimum Gasteiger partial charge on any atom is -0.477 e. The summed E-state index contributed by atoms with van der Waals surface area (Å²) in [5.74, 6) is -3.67. The minimum absolute atomic E-state index is 0.322. The van der Waals surface area contributed by atoms with E-state index in [1.807, 2.05) is 30.5 Å². The molecule has 12 heteroatoms. The van der Waals surface area contributed by atoms with Crippen molar-refractivity contribution in [3.63, 3.8) is 0 Å². The number of hydrogen-bond acceptors (Lipinski definition) is 5. The van der Waals surface area contributed by atoms with Crippen LogP contribution in [0.15, 0.2) is 67.0 Å². The van der Waals surface area contributed by atoms with Crippen molar-refractivity contribution in [2.45, 2.75) is 38.4 Å². The highest BCUT2D eigenvalue weighted by Gasteiger charge is 2.38. The van der Waals surface area contributed by atoms with Crippen LogP contribution in [-0.2, 0) is 30.6 Å². The van der Waals surface area contributed by atoms with E-state index in [4.69, 9.17) is 21.5 Å². The molecular formula is C30H28ClF3N4O4. The van der Waals surface area contributed by atoms with E-state index in [9.17, 15) is 23.1 Å². The van der Waals surface area contributed by atoms with E-state index in [1.165, 1.54) is 5.56 Å². The second-order valence-corrected chi connectivity index (χ2v) is 10.0. The highest BCUT2D eigenvalue weighted by atomic mass is 35.5. The molecule has 5 rings (SSSR count). The molecule has 0 spiro atoms. The van der Waals surface area contributed by atoms with Gasteiger partial charge in [-0.1, -0.05) is 48.0 Å². The van der Waals surface area contributed by atoms with Gasteiger partial charge in [0.15, 0.2) is 0 Å². The molecule has 0 radical (unpaired) electrons. The number of nitrogens with zero attached hydrogens (tertiary/aromatic N) is 3. The molecule has 0 saturated heterocycles. The lowest BCUT2D eigenvalue weighted by atomic mass is 9.90. The predicted molar refractivity (Wildman–Crippen MR) is 152 cm³/mol. The van der Waals surface area contributed by atoms with Crippen LogP contribution in [0.2, 0.25) is 5.02 Å². The van der Waals surface area contributed by atoms with E-state index in [2.05, 4.69) is 45.7 Å². The molecule has 0 unspecified atom stereocenters. The number of aromatic nitrogens is 3. The van der Waals surface area contributed by atoms with Crippen LogP contribution in [0.3, 0.4) is 0 Å². The van der Waals surface area contributed by atoms with Crippen molar-refractivity contribution in [3.05, 3.63) is 94.4 Å². The number of nitrogens with one attached hydrogen (secondary N) is 1. The molecule has 3 N–H and O–H groups in total. The Morgan fingerprint density at radius 1 is 1.00 bits per heavy atom. The van der Waals surface area contributed by atoms with Gasteiger partial charge in [-0.3, -0.25) is 9.67 Å². The smallest absolute Gasteiger partial charge is 0.477 e. The Kier molecular flexibility index (Phi) is 9.97. The molecule has 42 heavy (non-hydrogen) atoms. The normalized spacial score (nSPS) is 12.1. The van der Waals surface area contributed by atoms with Crippen LogP contribution in [0, 0.1) is 0 Å². The highest BCUT2D eigenvalue weighted by molar-refractivity contribution is 6.30. The van der Waals surface area contributed by atoms with E-state index >= 15 is 0 Å². The molecule has 4 aromatic rings. The average Bonchev–Trinajstić information content (AvgIpc) is 3.34. The van der Waals surface area contributed by atoms with Crippen molar-refractivity contribution in [1.82, 2.24) is 20.1 Å². The molecule has 8 nitrogen and oxygen atoms in total. The Morgan fingerprint density at radius 3 is 2.40 bits per heavy atom. The van der Waals surface area contributed by atoms with Gasteiger partial charge in [0, 0.05) is 35.1 Å². The molecular weight excluding hydrogens is 573 g/mol. The first-order valence-electron chi connectivity index (χ1n) is 13.2. The number of benzene rings is 2. The number of carboxylic acid groups (broad SMARTS) is 2. The zero-order valence-electron chi connectivity index (χ0n) is 22.4. The SMILES string of the molecule is O=C(O)C(F)(F)F.O=C(O)c1c2c(nn1CCCNCCc1ccc(-c3cccc(Cl)c3)cc1)-c1ccncc1CC2. The third-order valence-corrected chi connectivity index (χ3v) is 6.96. The molecule has 0 aliphatic heterocycles. The molecule has 1 aliphatic rings. The lowest BCUT2D eigenvalue weighted by Crippen LogP contribution is -2.21. The Hall–Kier alpha value is -4.22. The van der Waals surface area contributed by atoms with E-state index in [1.54, 1.807) is 10.9 Å². The molecule has 2 aromatic heterocycles. The predicted octanol–water partition coefficient (Wildman–Crippen LogP) is 5.92. The van der Waals surface area contributed by atoms with E-state index < -0.39 is 18.1 Å². The molecule has 220 valence electrons. The van der Waals surface area contributed by atoms with Crippen molar-refractivity contribution >= 4 is 23.5 Å². The van der Waals surface area contributed by atoms with Gasteiger partial charge in [0.2, 0.25) is 0 Å². The summed E-state index contributed by atoms with van der Waals surface area (Å²) in [6.45, 7) is 2.22. The topological polar surface area (TPSA) is 117 Å². The van der Waals surface area contributed by atoms with Crippen LogP contribution >= 0.6 is 11.6 Å². The maximum Gasteiger partial charge on any atom is 0.490 e. The summed E-state index contributed by atoms with van der Waals surface area (Å²) in [6.07, 6.45) is 1.72. The van der Waals surface area contributed by atoms with Gasteiger partial charge in [-0.2, -0.15) is 18.3 Å². The Balaban J connectivity index is 0.000000517. The number of carboxylic acids is 2. The first kappa shape index (κ1) is 30.7. The molecule has 2 aromatic carbocycles. The van der Waals surface area contributed by atoms with Crippen LogP contribution in [0.4, 0.5) is 13.2 Å². The summed E-state index contributed by atoms with van der Waals surface area (Å²) in [6, 6.07) is 18.4. The van der Waals surface area contributed by atoms with E-state index in [0.29, 0.717) is 18.7 Å². The largest absolute Gasteiger partial charge is 0.490 e. The van der Waals surface area contributed by atoms with Crippen molar-refractivity contribution < 1.29 is 33.0 Å². The van der Waals surface area contributed by atoms with Gasteiger partial charge in [0.25, 0.3) is 0 Å². The van der Waals surface area contributed by atoms with Gasteiger partial charge in [0.1, 0.15) is 5.69 Å². The summed E-state index contributed by atoms with van der Waals surface area (Å²) in [5, 5.41) is 25.9. The molecule has 0 bridgehead atoms. The van der Waals surface area contributed by atoms with Gasteiger partial charge >= 0.3 is 18.1 Å². The Labute approximate surface area is 244 Å². The van der Waals surface area contributed by atoms with Crippen molar-refractivity contribution in [2.75, 3.05) is 13.1 Å². The third kappa shape index (κ3) is 7.74. The second-order valence-electron chi connectivity index (χ2n) is 9.60. The van der Waals surface area contributed by atoms with Gasteiger partial charge in [-0.05, 0) is 79.2 Å². The quantitative estimate of drug-likeness (QED) is 0.204. The number of rotatable bonds is 9. The molecule has 0 amide bonds. The van der Waals surface area contributed by atoms with Gasteiger partial charge in [-0.25, -0.2) is 9.59 Å². The fraction of sp³-hybridized carbons (Fsp3) is 0.267. The third-order valence-electron chi connectivity index (χ3n) is 6.72. The zero-order chi connectivity index (χ0) is 30.3. The fourth-order valence-electron chi connectivity index (χ4n) is 4.71. The maximum absolute atomic E-state index is 12.0. The van der Waals surface area contributed by atoms with Gasteiger partial charge in [0.05, 0.1) is 5.69 Å². The molecule has 0 fully saturated rings. The minimum atomic E-state index is -5.08. The number of pyridine rings is 1. The van der Waals surface area contributed by atoms with Crippen LogP contribution in [0.1, 0.15) is 33.6 Å². The summed E-state index contributed by atoms with van der Waals surface area (Å²) >= 11 is 6.10. The molecule has 0 atom stereocenters. The van der Waals surface area contributed by atoms with E-state index in [0.717, 1.165) is 70.9 Å². The molecule has 1 aliphatic carbocycles.